The summed E-state index contributed by atoms with van der Waals surface area (Å²) in [5, 5.41) is 6.38. The fourth-order valence-electron chi connectivity index (χ4n) is 8.96. The van der Waals surface area contributed by atoms with Gasteiger partial charge in [0.2, 0.25) is 0 Å². The molecule has 2 fully saturated rings. The van der Waals surface area contributed by atoms with Crippen LogP contribution in [0.5, 0.6) is 0 Å². The first kappa shape index (κ1) is 33.0. The molecule has 247 valence electrons. The van der Waals surface area contributed by atoms with Crippen LogP contribution in [0, 0.1) is 42.7 Å². The predicted octanol–water partition coefficient (Wildman–Crippen LogP) is 6.71. The van der Waals surface area contributed by atoms with E-state index in [1.807, 2.05) is 0 Å². The molecule has 2 aliphatic carbocycles. The molecular formula is C41H44N2O4P. The lowest BCUT2D eigenvalue weighted by Crippen LogP contribution is -2.55. The van der Waals surface area contributed by atoms with Crippen molar-refractivity contribution in [1.29, 1.82) is 0 Å². The first-order chi connectivity index (χ1) is 23.4. The van der Waals surface area contributed by atoms with Gasteiger partial charge < -0.3 is 14.8 Å². The number of methoxy groups -OCH3 is 2. The van der Waals surface area contributed by atoms with Gasteiger partial charge in [-0.2, -0.15) is 0 Å². The Morgan fingerprint density at radius 2 is 1.60 bits per heavy atom. The Morgan fingerprint density at radius 3 is 2.25 bits per heavy atom. The van der Waals surface area contributed by atoms with E-state index in [2.05, 4.69) is 128 Å². The number of benzene rings is 3. The Bertz CT molecular complexity index is 1620. The Balaban J connectivity index is 1.32. The Labute approximate surface area is 287 Å². The number of fused-ring (bicyclic) bond motifs is 1. The number of nitrogens with zero attached hydrogens (tertiary/aromatic N) is 1. The van der Waals surface area contributed by atoms with Gasteiger partial charge in [0, 0.05) is 41.6 Å². The van der Waals surface area contributed by atoms with Gasteiger partial charge in [-0.05, 0) is 87.9 Å². The fraction of sp³-hybridized carbons (Fsp3) is 0.341. The number of hydrogen-bond acceptors (Lipinski definition) is 6. The van der Waals surface area contributed by atoms with E-state index in [1.54, 1.807) is 0 Å². The maximum Gasteiger partial charge on any atom is 0.335 e. The van der Waals surface area contributed by atoms with Crippen molar-refractivity contribution in [1.82, 2.24) is 4.90 Å². The lowest BCUT2D eigenvalue weighted by molar-refractivity contribution is -0.146. The first-order valence-corrected chi connectivity index (χ1v) is 18.4. The van der Waals surface area contributed by atoms with E-state index in [9.17, 15) is 9.59 Å². The van der Waals surface area contributed by atoms with Crippen molar-refractivity contribution in [3.05, 3.63) is 133 Å². The van der Waals surface area contributed by atoms with Gasteiger partial charge in [0.1, 0.15) is 0 Å². The van der Waals surface area contributed by atoms with Gasteiger partial charge in [0.05, 0.1) is 31.1 Å². The van der Waals surface area contributed by atoms with Gasteiger partial charge in [-0.3, -0.25) is 9.69 Å². The smallest absolute Gasteiger partial charge is 0.335 e. The van der Waals surface area contributed by atoms with Gasteiger partial charge in [-0.1, -0.05) is 85.8 Å². The second kappa shape index (κ2) is 13.8. The molecule has 4 aliphatic rings. The summed E-state index contributed by atoms with van der Waals surface area (Å²) < 4.78 is 10.7. The van der Waals surface area contributed by atoms with Crippen molar-refractivity contribution >= 4 is 36.2 Å². The van der Waals surface area contributed by atoms with Crippen LogP contribution in [-0.4, -0.2) is 49.7 Å². The molecule has 48 heavy (non-hydrogen) atoms. The molecule has 3 aromatic carbocycles. The third kappa shape index (κ3) is 5.50. The number of esters is 2. The largest absolute Gasteiger partial charge is 0.469 e. The highest BCUT2D eigenvalue weighted by atomic mass is 31.1. The van der Waals surface area contributed by atoms with Crippen LogP contribution >= 0.6 is 7.92 Å². The number of carbonyl (C=O) groups is 2. The average Bonchev–Trinajstić information content (AvgIpc) is 3.86. The van der Waals surface area contributed by atoms with Crippen molar-refractivity contribution in [3.8, 4) is 0 Å². The summed E-state index contributed by atoms with van der Waals surface area (Å²) in [4.78, 5) is 29.2. The minimum absolute atomic E-state index is 0.0352. The normalized spacial score (nSPS) is 25.3. The molecule has 0 aromatic heterocycles. The molecule has 2 aliphatic heterocycles. The highest BCUT2D eigenvalue weighted by molar-refractivity contribution is 7.76. The van der Waals surface area contributed by atoms with Gasteiger partial charge in [0.15, 0.2) is 0 Å². The Kier molecular flexibility index (Phi) is 9.50. The fourth-order valence-corrected chi connectivity index (χ4v) is 11.5. The number of hydrogen-bond donors (Lipinski definition) is 1. The van der Waals surface area contributed by atoms with E-state index in [0.29, 0.717) is 24.8 Å². The number of anilines is 1. The summed E-state index contributed by atoms with van der Waals surface area (Å²) in [5.41, 5.74) is 4.93. The second-order valence-electron chi connectivity index (χ2n) is 13.3. The second-order valence-corrected chi connectivity index (χ2v) is 15.5. The molecule has 2 heterocycles. The highest BCUT2D eigenvalue weighted by Gasteiger charge is 2.62. The summed E-state index contributed by atoms with van der Waals surface area (Å²) >= 11 is 0. The van der Waals surface area contributed by atoms with Gasteiger partial charge in [-0.15, -0.1) is 0 Å². The molecule has 0 amide bonds. The van der Waals surface area contributed by atoms with E-state index in [1.165, 1.54) is 42.0 Å². The zero-order valence-electron chi connectivity index (χ0n) is 28.2. The third-order valence-electron chi connectivity index (χ3n) is 11.0. The maximum atomic E-state index is 13.5. The molecule has 1 saturated heterocycles. The number of likely N-dealkylation sites (tertiary alicyclic amines) is 1. The molecule has 1 N–H and O–H groups in total. The van der Waals surface area contributed by atoms with E-state index in [-0.39, 0.29) is 35.9 Å². The van der Waals surface area contributed by atoms with Crippen LogP contribution in [0.1, 0.15) is 45.1 Å². The molecule has 7 rings (SSSR count). The molecule has 5 atom stereocenters. The van der Waals surface area contributed by atoms with Crippen LogP contribution in [0.25, 0.3) is 0 Å². The summed E-state index contributed by atoms with van der Waals surface area (Å²) in [6.07, 6.45) is 9.58. The lowest BCUT2D eigenvalue weighted by atomic mass is 9.61. The van der Waals surface area contributed by atoms with Crippen LogP contribution in [0.4, 0.5) is 5.69 Å². The van der Waals surface area contributed by atoms with Gasteiger partial charge in [-0.25, -0.2) is 4.79 Å². The van der Waals surface area contributed by atoms with Gasteiger partial charge >= 0.3 is 11.9 Å². The summed E-state index contributed by atoms with van der Waals surface area (Å²) in [6, 6.07) is 30.4. The van der Waals surface area contributed by atoms with Crippen molar-refractivity contribution < 1.29 is 19.1 Å². The third-order valence-corrected chi connectivity index (χ3v) is 13.6. The minimum atomic E-state index is -0.778. The van der Waals surface area contributed by atoms with Gasteiger partial charge in [0.25, 0.3) is 0 Å². The van der Waals surface area contributed by atoms with Crippen molar-refractivity contribution in [2.45, 2.75) is 57.0 Å². The summed E-state index contributed by atoms with van der Waals surface area (Å²) in [7, 11) is 2.16. The molecule has 0 unspecified atom stereocenters. The number of ether oxygens (including phenoxy) is 2. The van der Waals surface area contributed by atoms with Crippen LogP contribution in [0.3, 0.4) is 0 Å². The SMILES string of the molecule is CC[C@@H](C[C@H]1CC(C(=O)OC)=C2Nc3ccccc3[C@]23CCN([C@@H](C)[C]2[CH][CH][CH][C]2P(c2ccccc2)c2ccccc2)[C@H]13)C(=O)OC. The monoisotopic (exact) mass is 659 g/mol. The Hall–Kier alpha value is -3.47. The first-order valence-electron chi connectivity index (χ1n) is 17.1. The number of nitrogens with one attached hydrogen (secondary N) is 1. The van der Waals surface area contributed by atoms with Crippen molar-refractivity contribution in [2.75, 3.05) is 26.1 Å². The minimum Gasteiger partial charge on any atom is -0.469 e. The molecule has 6 nitrogen and oxygen atoms in total. The maximum absolute atomic E-state index is 13.5. The number of rotatable bonds is 10. The predicted molar refractivity (Wildman–Crippen MR) is 192 cm³/mol. The van der Waals surface area contributed by atoms with Crippen LogP contribution in [0.15, 0.2) is 96.2 Å². The average molecular weight is 660 g/mol. The van der Waals surface area contributed by atoms with E-state index < -0.39 is 13.3 Å². The summed E-state index contributed by atoms with van der Waals surface area (Å²) in [6.45, 7) is 5.27. The topological polar surface area (TPSA) is 67.9 Å². The van der Waals surface area contributed by atoms with E-state index in [4.69, 9.17) is 9.47 Å². The number of para-hydroxylation sites is 1. The molecule has 1 saturated carbocycles. The quantitative estimate of drug-likeness (QED) is 0.193. The van der Waals surface area contributed by atoms with Crippen LogP contribution in [0.2, 0.25) is 0 Å². The van der Waals surface area contributed by atoms with Crippen LogP contribution in [-0.2, 0) is 24.5 Å². The highest BCUT2D eigenvalue weighted by Crippen LogP contribution is 2.63. The molecule has 7 heteroatoms. The zero-order chi connectivity index (χ0) is 33.4. The molecule has 1 spiro atoms. The zero-order valence-corrected chi connectivity index (χ0v) is 29.1. The molecule has 3 aromatic rings. The summed E-state index contributed by atoms with van der Waals surface area (Å²) in [5.74, 6) is 0.651. The Morgan fingerprint density at radius 1 is 0.938 bits per heavy atom. The van der Waals surface area contributed by atoms with Crippen molar-refractivity contribution in [3.63, 3.8) is 0 Å². The number of carbonyl (C=O) groups excluding carboxylic acids is 2. The lowest BCUT2D eigenvalue weighted by Gasteiger charge is -2.49. The molecule has 0 bridgehead atoms. The molecular weight excluding hydrogens is 615 g/mol. The van der Waals surface area contributed by atoms with Crippen molar-refractivity contribution in [2.24, 2.45) is 11.8 Å². The van der Waals surface area contributed by atoms with E-state index in [0.717, 1.165) is 24.4 Å². The molecule has 5 radical (unpaired) electrons. The standard InChI is InChI=1S/C41H44N2O4P/c1-5-28(39(44)46-3)25-29-26-33(40(45)47-4)37-41(34-20-12-13-21-35(34)42-37)23-24-43(38(29)41)27(2)32-19-14-22-36(32)48(30-15-8-6-9-16-30)31-17-10-7-11-18-31/h6-22,27-29,38,42H,5,23-26H2,1-4H3/t27-,28-,29-,38+,41+/m0/s1. The van der Waals surface area contributed by atoms with E-state index >= 15 is 0 Å². The van der Waals surface area contributed by atoms with Crippen LogP contribution < -0.4 is 15.9 Å².